The summed E-state index contributed by atoms with van der Waals surface area (Å²) in [5.41, 5.74) is 0. The molecule has 1 N–H and O–H groups in total. The van der Waals surface area contributed by atoms with Crippen molar-refractivity contribution in [3.63, 3.8) is 0 Å². The third kappa shape index (κ3) is 3.56. The van der Waals surface area contributed by atoms with Crippen molar-refractivity contribution in [2.24, 2.45) is 0 Å². The molecule has 2 atom stereocenters. The third-order valence-corrected chi connectivity index (χ3v) is 5.68. The number of nitrogens with one attached hydrogen (secondary N) is 1. The predicted molar refractivity (Wildman–Crippen MR) is 83.2 cm³/mol. The van der Waals surface area contributed by atoms with Gasteiger partial charge in [-0.05, 0) is 40.2 Å². The fourth-order valence-electron chi connectivity index (χ4n) is 2.64. The van der Waals surface area contributed by atoms with E-state index in [4.69, 9.17) is 0 Å². The molecule has 18 heavy (non-hydrogen) atoms. The number of hydrogen-bond acceptors (Lipinski definition) is 3. The average Bonchev–Trinajstić information content (AvgIpc) is 2.77. The van der Waals surface area contributed by atoms with Crippen LogP contribution in [0.25, 0.3) is 0 Å². The lowest BCUT2D eigenvalue weighted by atomic mass is 10.0. The summed E-state index contributed by atoms with van der Waals surface area (Å²) in [5, 5.41) is 5.85. The van der Waals surface area contributed by atoms with E-state index in [-0.39, 0.29) is 0 Å². The normalized spacial score (nSPS) is 25.5. The summed E-state index contributed by atoms with van der Waals surface area (Å²) >= 11 is 5.52. The maximum Gasteiger partial charge on any atom is 0.0343 e. The number of nitrogens with zero attached hydrogens (tertiary/aromatic N) is 1. The molecule has 0 aliphatic carbocycles. The topological polar surface area (TPSA) is 15.3 Å². The molecule has 0 aromatic carbocycles. The van der Waals surface area contributed by atoms with Gasteiger partial charge >= 0.3 is 0 Å². The SMILES string of the molecule is CCCC1CNC(CC)CN1Cc1sccc1Br. The van der Waals surface area contributed by atoms with Gasteiger partial charge in [-0.3, -0.25) is 4.90 Å². The zero-order chi connectivity index (χ0) is 13.0. The Kier molecular flexibility index (Phi) is 5.67. The van der Waals surface area contributed by atoms with Crippen LogP contribution in [0.4, 0.5) is 0 Å². The summed E-state index contributed by atoms with van der Waals surface area (Å²) in [4.78, 5) is 4.14. The van der Waals surface area contributed by atoms with Gasteiger partial charge in [-0.15, -0.1) is 11.3 Å². The molecule has 2 rings (SSSR count). The Balaban J connectivity index is 2.02. The van der Waals surface area contributed by atoms with E-state index in [1.807, 2.05) is 11.3 Å². The van der Waals surface area contributed by atoms with Gasteiger partial charge in [-0.1, -0.05) is 20.3 Å². The first-order chi connectivity index (χ1) is 8.74. The summed E-state index contributed by atoms with van der Waals surface area (Å²) in [5.74, 6) is 0. The van der Waals surface area contributed by atoms with Crippen LogP contribution >= 0.6 is 27.3 Å². The molecule has 0 saturated carbocycles. The largest absolute Gasteiger partial charge is 0.311 e. The fourth-order valence-corrected chi connectivity index (χ4v) is 4.14. The minimum absolute atomic E-state index is 0.664. The number of thiophene rings is 1. The van der Waals surface area contributed by atoms with Gasteiger partial charge < -0.3 is 5.32 Å². The second-order valence-electron chi connectivity index (χ2n) is 5.08. The molecular formula is C14H23BrN2S. The van der Waals surface area contributed by atoms with Crippen molar-refractivity contribution in [2.45, 2.75) is 51.7 Å². The van der Waals surface area contributed by atoms with Gasteiger partial charge in [0.1, 0.15) is 0 Å². The first kappa shape index (κ1) is 14.5. The first-order valence-corrected chi connectivity index (χ1v) is 8.61. The highest BCUT2D eigenvalue weighted by atomic mass is 79.9. The van der Waals surface area contributed by atoms with Crippen molar-refractivity contribution in [2.75, 3.05) is 13.1 Å². The lowest BCUT2D eigenvalue weighted by Gasteiger charge is -2.40. The van der Waals surface area contributed by atoms with E-state index in [9.17, 15) is 0 Å². The minimum atomic E-state index is 0.664. The predicted octanol–water partition coefficient (Wildman–Crippen LogP) is 3.86. The zero-order valence-electron chi connectivity index (χ0n) is 11.3. The van der Waals surface area contributed by atoms with E-state index in [0.29, 0.717) is 12.1 Å². The van der Waals surface area contributed by atoms with E-state index in [0.717, 1.165) is 13.1 Å². The van der Waals surface area contributed by atoms with Crippen LogP contribution in [-0.2, 0) is 6.54 Å². The molecule has 102 valence electrons. The Hall–Kier alpha value is 0.100. The summed E-state index contributed by atoms with van der Waals surface area (Å²) in [6.45, 7) is 7.99. The van der Waals surface area contributed by atoms with Crippen LogP contribution < -0.4 is 5.32 Å². The van der Waals surface area contributed by atoms with Crippen LogP contribution in [0.1, 0.15) is 38.0 Å². The van der Waals surface area contributed by atoms with Gasteiger partial charge in [0.05, 0.1) is 0 Å². The maximum absolute atomic E-state index is 3.68. The Morgan fingerprint density at radius 3 is 2.94 bits per heavy atom. The Morgan fingerprint density at radius 1 is 1.50 bits per heavy atom. The molecule has 1 saturated heterocycles. The summed E-state index contributed by atoms with van der Waals surface area (Å²) in [6, 6.07) is 3.53. The van der Waals surface area contributed by atoms with E-state index in [1.165, 1.54) is 35.2 Å². The highest BCUT2D eigenvalue weighted by Crippen LogP contribution is 2.26. The molecule has 1 aromatic rings. The molecule has 2 heterocycles. The minimum Gasteiger partial charge on any atom is -0.311 e. The molecule has 0 spiro atoms. The maximum atomic E-state index is 3.68. The lowest BCUT2D eigenvalue weighted by Crippen LogP contribution is -2.55. The molecule has 4 heteroatoms. The van der Waals surface area contributed by atoms with Gasteiger partial charge in [0, 0.05) is 41.1 Å². The quantitative estimate of drug-likeness (QED) is 0.881. The smallest absolute Gasteiger partial charge is 0.0343 e. The Morgan fingerprint density at radius 2 is 2.33 bits per heavy atom. The number of hydrogen-bond donors (Lipinski definition) is 1. The molecule has 0 bridgehead atoms. The molecule has 1 fully saturated rings. The van der Waals surface area contributed by atoms with Crippen LogP contribution in [0.3, 0.4) is 0 Å². The van der Waals surface area contributed by atoms with Crippen molar-refractivity contribution in [3.05, 3.63) is 20.8 Å². The van der Waals surface area contributed by atoms with Crippen LogP contribution in [0.2, 0.25) is 0 Å². The van der Waals surface area contributed by atoms with Crippen LogP contribution in [0.15, 0.2) is 15.9 Å². The molecule has 1 aliphatic heterocycles. The molecule has 0 amide bonds. The van der Waals surface area contributed by atoms with Crippen molar-refractivity contribution in [1.29, 1.82) is 0 Å². The van der Waals surface area contributed by atoms with Crippen molar-refractivity contribution >= 4 is 27.3 Å². The standard InChI is InChI=1S/C14H23BrN2S/c1-3-5-12-8-16-11(4-2)9-17(12)10-14-13(15)6-7-18-14/h6-7,11-12,16H,3-5,8-10H2,1-2H3. The average molecular weight is 331 g/mol. The van der Waals surface area contributed by atoms with Gasteiger partial charge in [-0.2, -0.15) is 0 Å². The fraction of sp³-hybridized carbons (Fsp3) is 0.714. The van der Waals surface area contributed by atoms with E-state index >= 15 is 0 Å². The molecule has 0 radical (unpaired) electrons. The van der Waals surface area contributed by atoms with Gasteiger partial charge in [0.25, 0.3) is 0 Å². The summed E-state index contributed by atoms with van der Waals surface area (Å²) < 4.78 is 1.27. The lowest BCUT2D eigenvalue weighted by molar-refractivity contribution is 0.114. The van der Waals surface area contributed by atoms with E-state index in [1.54, 1.807) is 0 Å². The van der Waals surface area contributed by atoms with Gasteiger partial charge in [-0.25, -0.2) is 0 Å². The molecule has 1 aromatic heterocycles. The Labute approximate surface area is 123 Å². The van der Waals surface area contributed by atoms with Gasteiger partial charge in [0.2, 0.25) is 0 Å². The van der Waals surface area contributed by atoms with Crippen LogP contribution in [-0.4, -0.2) is 30.1 Å². The first-order valence-electron chi connectivity index (χ1n) is 6.93. The highest BCUT2D eigenvalue weighted by Gasteiger charge is 2.26. The molecule has 2 nitrogen and oxygen atoms in total. The number of halogens is 1. The number of rotatable bonds is 5. The van der Waals surface area contributed by atoms with Crippen molar-refractivity contribution in [1.82, 2.24) is 10.2 Å². The van der Waals surface area contributed by atoms with Crippen LogP contribution in [0, 0.1) is 0 Å². The molecule has 1 aliphatic rings. The highest BCUT2D eigenvalue weighted by molar-refractivity contribution is 9.10. The summed E-state index contributed by atoms with van der Waals surface area (Å²) in [7, 11) is 0. The van der Waals surface area contributed by atoms with E-state index in [2.05, 4.69) is 51.4 Å². The monoisotopic (exact) mass is 330 g/mol. The summed E-state index contributed by atoms with van der Waals surface area (Å²) in [6.07, 6.45) is 3.79. The second-order valence-corrected chi connectivity index (χ2v) is 6.93. The second kappa shape index (κ2) is 7.04. The van der Waals surface area contributed by atoms with Gasteiger partial charge in [0.15, 0.2) is 0 Å². The van der Waals surface area contributed by atoms with Crippen LogP contribution in [0.5, 0.6) is 0 Å². The molecule has 2 unspecified atom stereocenters. The Bertz CT molecular complexity index is 366. The third-order valence-electron chi connectivity index (χ3n) is 3.77. The van der Waals surface area contributed by atoms with Crippen molar-refractivity contribution < 1.29 is 0 Å². The van der Waals surface area contributed by atoms with Crippen molar-refractivity contribution in [3.8, 4) is 0 Å². The zero-order valence-corrected chi connectivity index (χ0v) is 13.7. The van der Waals surface area contributed by atoms with E-state index < -0.39 is 0 Å². The molecular weight excluding hydrogens is 308 g/mol. The number of piperazine rings is 1.